The topological polar surface area (TPSA) is 125 Å². The zero-order chi connectivity index (χ0) is 31.1. The van der Waals surface area contributed by atoms with E-state index in [-0.39, 0.29) is 12.3 Å². The van der Waals surface area contributed by atoms with E-state index in [4.69, 9.17) is 4.74 Å². The van der Waals surface area contributed by atoms with Crippen LogP contribution in [-0.4, -0.2) is 56.5 Å². The van der Waals surface area contributed by atoms with Gasteiger partial charge in [0.2, 0.25) is 5.91 Å². The highest BCUT2D eigenvalue weighted by Gasteiger charge is 2.35. The van der Waals surface area contributed by atoms with Gasteiger partial charge in [-0.2, -0.15) is 0 Å². The summed E-state index contributed by atoms with van der Waals surface area (Å²) < 4.78 is 17.4. The van der Waals surface area contributed by atoms with Gasteiger partial charge in [0, 0.05) is 34.3 Å². The lowest BCUT2D eigenvalue weighted by Crippen LogP contribution is -2.48. The number of benzene rings is 3. The molecule has 0 aliphatic heterocycles. The number of rotatable bonds is 11. The number of hydrogen-bond donors (Lipinski definition) is 4. The predicted octanol–water partition coefficient (Wildman–Crippen LogP) is 4.24. The summed E-state index contributed by atoms with van der Waals surface area (Å²) >= 11 is 0. The van der Waals surface area contributed by atoms with Crippen molar-refractivity contribution in [3.05, 3.63) is 101 Å². The molecule has 0 heterocycles. The van der Waals surface area contributed by atoms with Gasteiger partial charge in [-0.3, -0.25) is 9.00 Å². The van der Waals surface area contributed by atoms with Gasteiger partial charge in [-0.05, 0) is 74.4 Å². The summed E-state index contributed by atoms with van der Waals surface area (Å²) in [6.45, 7) is 5.31. The summed E-state index contributed by atoms with van der Waals surface area (Å²) in [6, 6.07) is 23.1. The van der Waals surface area contributed by atoms with E-state index in [2.05, 4.69) is 10.6 Å². The highest BCUT2D eigenvalue weighted by molar-refractivity contribution is 7.84. The Bertz CT molecular complexity index is 1410. The average molecular weight is 607 g/mol. The number of aliphatic hydroxyl groups excluding tert-OH is 2. The van der Waals surface area contributed by atoms with Gasteiger partial charge in [-0.15, -0.1) is 0 Å². The fourth-order valence-corrected chi connectivity index (χ4v) is 5.99. The van der Waals surface area contributed by atoms with E-state index in [9.17, 15) is 24.0 Å². The summed E-state index contributed by atoms with van der Waals surface area (Å²) in [6.07, 6.45) is 0.236. The van der Waals surface area contributed by atoms with Crippen molar-refractivity contribution in [2.45, 2.75) is 81.2 Å². The quantitative estimate of drug-likeness (QED) is 0.259. The van der Waals surface area contributed by atoms with Crippen molar-refractivity contribution in [1.82, 2.24) is 10.6 Å². The summed E-state index contributed by atoms with van der Waals surface area (Å²) in [5.41, 5.74) is 2.91. The SMILES string of the molecule is C[S@@](=O)c1ccc(CC(CC(O)C(Cc2ccccc2)NC(=O)OC(C)(C)C)C(=O)NC2c3ccccc3CC2O)cc1. The lowest BCUT2D eigenvalue weighted by Gasteiger charge is -2.29. The molecule has 2 amide bonds. The minimum atomic E-state index is -1.13. The molecular weight excluding hydrogens is 564 g/mol. The van der Waals surface area contributed by atoms with Gasteiger partial charge in [0.05, 0.1) is 24.3 Å². The molecule has 6 atom stereocenters. The van der Waals surface area contributed by atoms with Crippen LogP contribution in [0.15, 0.2) is 83.8 Å². The van der Waals surface area contributed by atoms with Gasteiger partial charge in [0.1, 0.15) is 5.60 Å². The van der Waals surface area contributed by atoms with Crippen molar-refractivity contribution in [3.8, 4) is 0 Å². The fourth-order valence-electron chi connectivity index (χ4n) is 5.47. The molecule has 0 fully saturated rings. The maximum absolute atomic E-state index is 13.9. The van der Waals surface area contributed by atoms with Gasteiger partial charge < -0.3 is 25.6 Å². The zero-order valence-electron chi connectivity index (χ0n) is 25.2. The third-order valence-corrected chi connectivity index (χ3v) is 8.54. The molecule has 0 bridgehead atoms. The second-order valence-electron chi connectivity index (χ2n) is 12.2. The Morgan fingerprint density at radius 3 is 2.23 bits per heavy atom. The maximum Gasteiger partial charge on any atom is 0.407 e. The number of hydrogen-bond acceptors (Lipinski definition) is 6. The van der Waals surface area contributed by atoms with E-state index in [0.29, 0.717) is 24.2 Å². The van der Waals surface area contributed by atoms with Crippen LogP contribution in [0.25, 0.3) is 0 Å². The molecule has 0 spiro atoms. The Morgan fingerprint density at radius 2 is 1.58 bits per heavy atom. The summed E-state index contributed by atoms with van der Waals surface area (Å²) in [7, 11) is -1.13. The molecule has 8 nitrogen and oxygen atoms in total. The van der Waals surface area contributed by atoms with Crippen LogP contribution in [-0.2, 0) is 39.6 Å². The molecular formula is C34H42N2O6S. The van der Waals surface area contributed by atoms with Crippen molar-refractivity contribution in [3.63, 3.8) is 0 Å². The molecule has 4 rings (SSSR count). The van der Waals surface area contributed by atoms with Gasteiger partial charge in [-0.25, -0.2) is 4.79 Å². The molecule has 3 aromatic rings. The van der Waals surface area contributed by atoms with Crippen LogP contribution in [0.4, 0.5) is 4.79 Å². The maximum atomic E-state index is 13.9. The molecule has 1 aliphatic rings. The number of nitrogens with one attached hydrogen (secondary N) is 2. The molecule has 43 heavy (non-hydrogen) atoms. The average Bonchev–Trinajstić information content (AvgIpc) is 3.26. The second kappa shape index (κ2) is 14.3. The van der Waals surface area contributed by atoms with E-state index in [1.54, 1.807) is 39.2 Å². The Morgan fingerprint density at radius 1 is 0.953 bits per heavy atom. The molecule has 0 aromatic heterocycles. The number of aliphatic hydroxyl groups is 2. The minimum absolute atomic E-state index is 0.0467. The summed E-state index contributed by atoms with van der Waals surface area (Å²) in [5, 5.41) is 28.2. The van der Waals surface area contributed by atoms with Gasteiger partial charge >= 0.3 is 6.09 Å². The van der Waals surface area contributed by atoms with Crippen molar-refractivity contribution in [2.24, 2.45) is 5.92 Å². The van der Waals surface area contributed by atoms with E-state index >= 15 is 0 Å². The van der Waals surface area contributed by atoms with E-state index in [0.717, 1.165) is 22.3 Å². The molecule has 1 aliphatic carbocycles. The third-order valence-electron chi connectivity index (χ3n) is 7.60. The number of carbonyl (C=O) groups excluding carboxylic acids is 2. The lowest BCUT2D eigenvalue weighted by atomic mass is 9.88. The monoisotopic (exact) mass is 606 g/mol. The van der Waals surface area contributed by atoms with Crippen LogP contribution in [0.1, 0.15) is 55.5 Å². The fraction of sp³-hybridized carbons (Fsp3) is 0.412. The number of alkyl carbamates (subject to hydrolysis) is 1. The Kier molecular flexibility index (Phi) is 10.8. The largest absolute Gasteiger partial charge is 0.444 e. The van der Waals surface area contributed by atoms with Crippen LogP contribution in [0.5, 0.6) is 0 Å². The normalized spacial score (nSPS) is 19.0. The molecule has 5 unspecified atom stereocenters. The minimum Gasteiger partial charge on any atom is -0.444 e. The van der Waals surface area contributed by atoms with Crippen LogP contribution >= 0.6 is 0 Å². The van der Waals surface area contributed by atoms with Crippen LogP contribution in [0, 0.1) is 5.92 Å². The van der Waals surface area contributed by atoms with Crippen LogP contribution in [0.2, 0.25) is 0 Å². The standard InChI is InChI=1S/C34H42N2O6S/c1-34(2,3)42-33(40)35-28(19-22-10-6-5-7-11-22)29(37)21-25(18-23-14-16-26(17-15-23)43(4)41)32(39)36-31-27-13-9-8-12-24(27)20-30(31)38/h5-17,25,28-31,37-38H,18-21H2,1-4H3,(H,35,40)(H,36,39)/t25?,28?,29?,30?,31?,43-/m1/s1. The number of amides is 2. The van der Waals surface area contributed by atoms with Gasteiger partial charge in [-0.1, -0.05) is 66.7 Å². The van der Waals surface area contributed by atoms with Crippen molar-refractivity contribution >= 4 is 22.8 Å². The molecule has 3 aromatic carbocycles. The highest BCUT2D eigenvalue weighted by atomic mass is 32.2. The third kappa shape index (κ3) is 9.23. The van der Waals surface area contributed by atoms with Crippen molar-refractivity contribution < 1.29 is 28.7 Å². The van der Waals surface area contributed by atoms with E-state index < -0.39 is 52.7 Å². The summed E-state index contributed by atoms with van der Waals surface area (Å²) in [4.78, 5) is 27.3. The molecule has 9 heteroatoms. The van der Waals surface area contributed by atoms with Crippen LogP contribution in [0.3, 0.4) is 0 Å². The van der Waals surface area contributed by atoms with Gasteiger partial charge in [0.15, 0.2) is 0 Å². The lowest BCUT2D eigenvalue weighted by molar-refractivity contribution is -0.127. The number of fused-ring (bicyclic) bond motifs is 1. The molecule has 0 saturated heterocycles. The molecule has 0 radical (unpaired) electrons. The van der Waals surface area contributed by atoms with E-state index in [1.807, 2.05) is 66.7 Å². The molecule has 230 valence electrons. The van der Waals surface area contributed by atoms with Gasteiger partial charge in [0.25, 0.3) is 0 Å². The Labute approximate surface area is 256 Å². The molecule has 0 saturated carbocycles. The van der Waals surface area contributed by atoms with Crippen LogP contribution < -0.4 is 10.6 Å². The van der Waals surface area contributed by atoms with Crippen molar-refractivity contribution in [1.29, 1.82) is 0 Å². The molecule has 4 N–H and O–H groups in total. The number of ether oxygens (including phenoxy) is 1. The first-order valence-corrected chi connectivity index (χ1v) is 16.2. The zero-order valence-corrected chi connectivity index (χ0v) is 26.0. The second-order valence-corrected chi connectivity index (χ2v) is 13.6. The Balaban J connectivity index is 1.58. The smallest absolute Gasteiger partial charge is 0.407 e. The number of carbonyl (C=O) groups is 2. The first-order chi connectivity index (χ1) is 20.4. The van der Waals surface area contributed by atoms with E-state index in [1.165, 1.54) is 0 Å². The Hall–Kier alpha value is -3.53. The summed E-state index contributed by atoms with van der Waals surface area (Å²) in [5.74, 6) is -0.995. The first-order valence-electron chi connectivity index (χ1n) is 14.6. The first kappa shape index (κ1) is 32.4. The predicted molar refractivity (Wildman–Crippen MR) is 167 cm³/mol. The van der Waals surface area contributed by atoms with Crippen molar-refractivity contribution in [2.75, 3.05) is 6.26 Å². The highest BCUT2D eigenvalue weighted by Crippen LogP contribution is 2.32.